The third-order valence-electron chi connectivity index (χ3n) is 2.22. The van der Waals surface area contributed by atoms with Crippen LogP contribution in [0.15, 0.2) is 29.2 Å². The van der Waals surface area contributed by atoms with Gasteiger partial charge in [0.15, 0.2) is 11.0 Å². The van der Waals surface area contributed by atoms with Gasteiger partial charge < -0.3 is 0 Å². The summed E-state index contributed by atoms with van der Waals surface area (Å²) in [6.07, 6.45) is 0. The number of rotatable bonds is 3. The molecule has 1 aromatic heterocycles. The van der Waals surface area contributed by atoms with E-state index in [0.29, 0.717) is 16.6 Å². The van der Waals surface area contributed by atoms with Gasteiger partial charge in [0.1, 0.15) is 5.82 Å². The number of nitrogens with zero attached hydrogens (tertiary/aromatic N) is 2. The minimum Gasteiger partial charge on any atom is -0.234 e. The average molecular weight is 303 g/mol. The number of thioether (sulfide) groups is 1. The van der Waals surface area contributed by atoms with E-state index in [0.717, 1.165) is 4.90 Å². The topological polar surface area (TPSA) is 25.8 Å². The standard InChI is InChI=1S/C12H9Cl2FN2S/c1-7-11(15)12(14)17-10(16-7)6-18-9-5-3-2-4-8(9)13/h2-5H,6H2,1H3. The molecule has 0 aliphatic carbocycles. The molecule has 0 bridgehead atoms. The van der Waals surface area contributed by atoms with Gasteiger partial charge in [0.25, 0.3) is 0 Å². The van der Waals surface area contributed by atoms with Crippen molar-refractivity contribution in [2.75, 3.05) is 0 Å². The summed E-state index contributed by atoms with van der Waals surface area (Å²) >= 11 is 13.2. The Labute approximate surface area is 119 Å². The zero-order valence-electron chi connectivity index (χ0n) is 9.45. The van der Waals surface area contributed by atoms with E-state index in [1.54, 1.807) is 6.92 Å². The SMILES string of the molecule is Cc1nc(CSc2ccccc2Cl)nc(Cl)c1F. The summed E-state index contributed by atoms with van der Waals surface area (Å²) in [5.41, 5.74) is 0.254. The van der Waals surface area contributed by atoms with E-state index in [2.05, 4.69) is 9.97 Å². The minimum atomic E-state index is -0.567. The van der Waals surface area contributed by atoms with Gasteiger partial charge in [-0.1, -0.05) is 35.3 Å². The molecule has 0 N–H and O–H groups in total. The highest BCUT2D eigenvalue weighted by Crippen LogP contribution is 2.29. The van der Waals surface area contributed by atoms with Crippen molar-refractivity contribution in [1.82, 2.24) is 9.97 Å². The zero-order chi connectivity index (χ0) is 13.1. The molecule has 1 heterocycles. The molecule has 0 saturated carbocycles. The van der Waals surface area contributed by atoms with Crippen molar-refractivity contribution >= 4 is 35.0 Å². The largest absolute Gasteiger partial charge is 0.234 e. The van der Waals surface area contributed by atoms with Gasteiger partial charge in [0.05, 0.1) is 16.5 Å². The zero-order valence-corrected chi connectivity index (χ0v) is 11.8. The van der Waals surface area contributed by atoms with Crippen molar-refractivity contribution in [1.29, 1.82) is 0 Å². The van der Waals surface area contributed by atoms with Gasteiger partial charge in [-0.2, -0.15) is 0 Å². The van der Waals surface area contributed by atoms with E-state index < -0.39 is 5.82 Å². The van der Waals surface area contributed by atoms with Gasteiger partial charge in [0, 0.05) is 4.90 Å². The summed E-state index contributed by atoms with van der Waals surface area (Å²) in [5.74, 6) is 0.414. The summed E-state index contributed by atoms with van der Waals surface area (Å²) in [7, 11) is 0. The fraction of sp³-hybridized carbons (Fsp3) is 0.167. The maximum atomic E-state index is 13.3. The van der Waals surface area contributed by atoms with Crippen LogP contribution < -0.4 is 0 Å². The molecule has 0 spiro atoms. The van der Waals surface area contributed by atoms with E-state index in [1.165, 1.54) is 11.8 Å². The Hall–Kier alpha value is -0.840. The van der Waals surface area contributed by atoms with Gasteiger partial charge in [-0.3, -0.25) is 0 Å². The highest BCUT2D eigenvalue weighted by Gasteiger charge is 2.10. The molecule has 0 amide bonds. The van der Waals surface area contributed by atoms with Gasteiger partial charge in [-0.25, -0.2) is 14.4 Å². The third kappa shape index (κ3) is 3.13. The monoisotopic (exact) mass is 302 g/mol. The first-order chi connectivity index (χ1) is 8.58. The molecule has 0 aliphatic rings. The fourth-order valence-electron chi connectivity index (χ4n) is 1.35. The van der Waals surface area contributed by atoms with Crippen molar-refractivity contribution in [2.45, 2.75) is 17.6 Å². The van der Waals surface area contributed by atoms with Gasteiger partial charge in [-0.05, 0) is 19.1 Å². The highest BCUT2D eigenvalue weighted by atomic mass is 35.5. The van der Waals surface area contributed by atoms with Gasteiger partial charge in [-0.15, -0.1) is 11.8 Å². The number of hydrogen-bond acceptors (Lipinski definition) is 3. The van der Waals surface area contributed by atoms with Gasteiger partial charge >= 0.3 is 0 Å². The minimum absolute atomic E-state index is 0.141. The third-order valence-corrected chi connectivity index (χ3v) is 3.98. The molecule has 0 saturated heterocycles. The van der Waals surface area contributed by atoms with Crippen molar-refractivity contribution in [3.8, 4) is 0 Å². The fourth-order valence-corrected chi connectivity index (χ4v) is 2.68. The maximum absolute atomic E-state index is 13.3. The van der Waals surface area contributed by atoms with Crippen LogP contribution >= 0.6 is 35.0 Å². The molecule has 6 heteroatoms. The van der Waals surface area contributed by atoms with E-state index in [9.17, 15) is 4.39 Å². The quantitative estimate of drug-likeness (QED) is 0.615. The first-order valence-electron chi connectivity index (χ1n) is 5.14. The van der Waals surface area contributed by atoms with Crippen LogP contribution in [0.25, 0.3) is 0 Å². The summed E-state index contributed by atoms with van der Waals surface area (Å²) in [5, 5.41) is 0.532. The van der Waals surface area contributed by atoms with E-state index >= 15 is 0 Å². The van der Waals surface area contributed by atoms with E-state index in [-0.39, 0.29) is 10.8 Å². The number of halogens is 3. The lowest BCUT2D eigenvalue weighted by molar-refractivity contribution is 0.598. The predicted octanol–water partition coefficient (Wildman–Crippen LogP) is 4.52. The van der Waals surface area contributed by atoms with Crippen molar-refractivity contribution in [3.63, 3.8) is 0 Å². The van der Waals surface area contributed by atoms with Crippen LogP contribution in [0.1, 0.15) is 11.5 Å². The number of aromatic nitrogens is 2. The second-order valence-electron chi connectivity index (χ2n) is 3.55. The molecule has 2 nitrogen and oxygen atoms in total. The van der Waals surface area contributed by atoms with E-state index in [1.807, 2.05) is 24.3 Å². The summed E-state index contributed by atoms with van der Waals surface area (Å²) < 4.78 is 13.3. The van der Waals surface area contributed by atoms with Gasteiger partial charge in [0.2, 0.25) is 0 Å². The van der Waals surface area contributed by atoms with Crippen molar-refractivity contribution < 1.29 is 4.39 Å². The molecular formula is C12H9Cl2FN2S. The summed E-state index contributed by atoms with van der Waals surface area (Å²) in [6, 6.07) is 7.48. The van der Waals surface area contributed by atoms with Crippen LogP contribution in [0, 0.1) is 12.7 Å². The summed E-state index contributed by atoms with van der Waals surface area (Å²) in [6.45, 7) is 1.56. The molecule has 0 aliphatic heterocycles. The Balaban J connectivity index is 2.14. The second-order valence-corrected chi connectivity index (χ2v) is 5.33. The molecule has 0 unspecified atom stereocenters. The molecule has 2 aromatic rings. The smallest absolute Gasteiger partial charge is 0.181 e. The second kappa shape index (κ2) is 5.87. The van der Waals surface area contributed by atoms with Crippen LogP contribution in [-0.4, -0.2) is 9.97 Å². The molecule has 18 heavy (non-hydrogen) atoms. The Kier molecular flexibility index (Phi) is 4.43. The Bertz CT molecular complexity index is 555. The number of aryl methyl sites for hydroxylation is 1. The molecule has 0 atom stereocenters. The van der Waals surface area contributed by atoms with Crippen molar-refractivity contribution in [2.24, 2.45) is 0 Å². The molecular weight excluding hydrogens is 294 g/mol. The predicted molar refractivity (Wildman–Crippen MR) is 72.8 cm³/mol. The lowest BCUT2D eigenvalue weighted by Crippen LogP contribution is -1.99. The van der Waals surface area contributed by atoms with Crippen molar-refractivity contribution in [3.05, 3.63) is 51.8 Å². The maximum Gasteiger partial charge on any atom is 0.181 e. The lowest BCUT2D eigenvalue weighted by atomic mass is 10.4. The molecule has 1 aromatic carbocycles. The van der Waals surface area contributed by atoms with Crippen LogP contribution in [-0.2, 0) is 5.75 Å². The molecule has 0 fully saturated rings. The molecule has 94 valence electrons. The van der Waals surface area contributed by atoms with Crippen LogP contribution in [0.3, 0.4) is 0 Å². The van der Waals surface area contributed by atoms with Crippen LogP contribution in [0.2, 0.25) is 10.2 Å². The van der Waals surface area contributed by atoms with E-state index in [4.69, 9.17) is 23.2 Å². The van der Waals surface area contributed by atoms with Crippen LogP contribution in [0.4, 0.5) is 4.39 Å². The highest BCUT2D eigenvalue weighted by molar-refractivity contribution is 7.98. The lowest BCUT2D eigenvalue weighted by Gasteiger charge is -2.05. The normalized spacial score (nSPS) is 10.7. The Morgan fingerprint density at radius 1 is 1.22 bits per heavy atom. The Morgan fingerprint density at radius 2 is 1.94 bits per heavy atom. The molecule has 2 rings (SSSR count). The first kappa shape index (κ1) is 13.6. The first-order valence-corrected chi connectivity index (χ1v) is 6.88. The van der Waals surface area contributed by atoms with Crippen LogP contribution in [0.5, 0.6) is 0 Å². The summed E-state index contributed by atoms with van der Waals surface area (Å²) in [4.78, 5) is 8.87. The Morgan fingerprint density at radius 3 is 2.61 bits per heavy atom. The molecule has 0 radical (unpaired) electrons. The average Bonchev–Trinajstić information content (AvgIpc) is 2.35. The number of benzene rings is 1. The number of hydrogen-bond donors (Lipinski definition) is 0.